The average Bonchev–Trinajstić information content (AvgIpc) is 3.23. The normalized spacial score (nSPS) is 18.6. The van der Waals surface area contributed by atoms with Crippen LogP contribution in [0.3, 0.4) is 0 Å². The molecule has 1 aliphatic rings. The molecule has 0 aliphatic carbocycles. The summed E-state index contributed by atoms with van der Waals surface area (Å²) >= 11 is 0. The van der Waals surface area contributed by atoms with Crippen molar-refractivity contribution in [1.82, 2.24) is 19.6 Å². The predicted molar refractivity (Wildman–Crippen MR) is 109 cm³/mol. The van der Waals surface area contributed by atoms with Gasteiger partial charge in [0.2, 0.25) is 5.91 Å². The summed E-state index contributed by atoms with van der Waals surface area (Å²) in [4.78, 5) is 17.6. The Morgan fingerprint density at radius 3 is 2.59 bits per heavy atom. The van der Waals surface area contributed by atoms with Crippen LogP contribution in [0.15, 0.2) is 30.3 Å². The van der Waals surface area contributed by atoms with Crippen molar-refractivity contribution in [3.05, 3.63) is 52.8 Å². The minimum absolute atomic E-state index is 0.218. The molecule has 146 valence electrons. The van der Waals surface area contributed by atoms with Crippen molar-refractivity contribution in [2.24, 2.45) is 7.05 Å². The molecule has 5 heteroatoms. The van der Waals surface area contributed by atoms with Crippen molar-refractivity contribution >= 4 is 5.91 Å². The van der Waals surface area contributed by atoms with Crippen molar-refractivity contribution in [1.29, 1.82) is 0 Å². The summed E-state index contributed by atoms with van der Waals surface area (Å²) in [5, 5.41) is 4.45. The number of benzene rings is 1. The van der Waals surface area contributed by atoms with E-state index >= 15 is 0 Å². The number of hydrogen-bond acceptors (Lipinski definition) is 3. The highest BCUT2D eigenvalue weighted by atomic mass is 16.2. The number of aryl methyl sites for hydroxylation is 2. The minimum Gasteiger partial charge on any atom is -0.338 e. The lowest BCUT2D eigenvalue weighted by Crippen LogP contribution is -2.43. The summed E-state index contributed by atoms with van der Waals surface area (Å²) in [6.07, 6.45) is 1.49. The van der Waals surface area contributed by atoms with Gasteiger partial charge in [0.1, 0.15) is 0 Å². The average molecular weight is 369 g/mol. The number of aromatic nitrogens is 2. The van der Waals surface area contributed by atoms with E-state index in [0.29, 0.717) is 18.5 Å². The third-order valence-electron chi connectivity index (χ3n) is 6.11. The van der Waals surface area contributed by atoms with Crippen molar-refractivity contribution in [2.45, 2.75) is 52.6 Å². The molecule has 3 rings (SSSR count). The van der Waals surface area contributed by atoms with Gasteiger partial charge in [0.25, 0.3) is 0 Å². The van der Waals surface area contributed by atoms with E-state index < -0.39 is 0 Å². The second kappa shape index (κ2) is 8.26. The van der Waals surface area contributed by atoms with E-state index in [2.05, 4.69) is 59.1 Å². The summed E-state index contributed by atoms with van der Waals surface area (Å²) in [6, 6.07) is 11.3. The summed E-state index contributed by atoms with van der Waals surface area (Å²) in [7, 11) is 1.94. The van der Waals surface area contributed by atoms with E-state index in [1.807, 2.05) is 25.6 Å². The number of likely N-dealkylation sites (N-methyl/N-ethyl adjacent to an activating group) is 1. The predicted octanol–water partition coefficient (Wildman–Crippen LogP) is 3.26. The van der Waals surface area contributed by atoms with Crippen LogP contribution in [0.1, 0.15) is 48.8 Å². The molecule has 1 amide bonds. The number of amides is 1. The highest BCUT2D eigenvalue weighted by Gasteiger charge is 2.32. The van der Waals surface area contributed by atoms with Gasteiger partial charge in [0.15, 0.2) is 0 Å². The zero-order chi connectivity index (χ0) is 19.6. The van der Waals surface area contributed by atoms with Crippen LogP contribution >= 0.6 is 0 Å². The van der Waals surface area contributed by atoms with Crippen molar-refractivity contribution in [3.63, 3.8) is 0 Å². The summed E-state index contributed by atoms with van der Waals surface area (Å²) in [5.41, 5.74) is 4.47. The van der Waals surface area contributed by atoms with Crippen molar-refractivity contribution in [2.75, 3.05) is 19.6 Å². The van der Waals surface area contributed by atoms with Gasteiger partial charge in [-0.05, 0) is 39.7 Å². The minimum atomic E-state index is 0.218. The van der Waals surface area contributed by atoms with Gasteiger partial charge in [0.05, 0.1) is 12.1 Å². The Kier molecular flexibility index (Phi) is 6.00. The molecule has 1 saturated heterocycles. The highest BCUT2D eigenvalue weighted by Crippen LogP contribution is 2.27. The third kappa shape index (κ3) is 4.08. The van der Waals surface area contributed by atoms with E-state index in [1.165, 1.54) is 5.56 Å². The number of carbonyl (C=O) groups excluding carboxylic acids is 1. The summed E-state index contributed by atoms with van der Waals surface area (Å²) in [6.45, 7) is 11.1. The summed E-state index contributed by atoms with van der Waals surface area (Å²) in [5.74, 6) is 0.218. The van der Waals surface area contributed by atoms with E-state index in [1.54, 1.807) is 0 Å². The fourth-order valence-electron chi connectivity index (χ4n) is 4.28. The molecule has 0 bridgehead atoms. The Morgan fingerprint density at radius 2 is 2.00 bits per heavy atom. The zero-order valence-electron chi connectivity index (χ0n) is 17.3. The molecule has 0 unspecified atom stereocenters. The first-order chi connectivity index (χ1) is 12.9. The number of carbonyl (C=O) groups is 1. The molecule has 0 spiro atoms. The largest absolute Gasteiger partial charge is 0.338 e. The van der Waals surface area contributed by atoms with Crippen LogP contribution in [0.2, 0.25) is 0 Å². The molecule has 1 aromatic heterocycles. The van der Waals surface area contributed by atoms with Gasteiger partial charge < -0.3 is 4.90 Å². The molecule has 0 saturated carbocycles. The van der Waals surface area contributed by atoms with Crippen LogP contribution in [0.25, 0.3) is 0 Å². The fraction of sp³-hybridized carbons (Fsp3) is 0.545. The number of rotatable bonds is 6. The number of nitrogens with zero attached hydrogens (tertiary/aromatic N) is 4. The van der Waals surface area contributed by atoms with Gasteiger partial charge in [0, 0.05) is 50.0 Å². The molecule has 1 aliphatic heterocycles. The third-order valence-corrected chi connectivity index (χ3v) is 6.11. The van der Waals surface area contributed by atoms with E-state index in [9.17, 15) is 4.79 Å². The maximum absolute atomic E-state index is 13.1. The summed E-state index contributed by atoms with van der Waals surface area (Å²) < 4.78 is 1.87. The lowest BCUT2D eigenvalue weighted by atomic mass is 10.1. The Labute approximate surface area is 163 Å². The number of likely N-dealkylation sites (tertiary alicyclic amines) is 1. The quantitative estimate of drug-likeness (QED) is 0.786. The van der Waals surface area contributed by atoms with Gasteiger partial charge in [-0.2, -0.15) is 5.10 Å². The Morgan fingerprint density at radius 1 is 1.30 bits per heavy atom. The van der Waals surface area contributed by atoms with Crippen LogP contribution in [-0.4, -0.2) is 51.2 Å². The van der Waals surface area contributed by atoms with Crippen molar-refractivity contribution in [3.8, 4) is 0 Å². The molecule has 2 heterocycles. The second-order valence-electron chi connectivity index (χ2n) is 7.65. The van der Waals surface area contributed by atoms with E-state index in [4.69, 9.17) is 0 Å². The van der Waals surface area contributed by atoms with E-state index in [0.717, 1.165) is 43.0 Å². The van der Waals surface area contributed by atoms with Crippen LogP contribution in [0, 0.1) is 13.8 Å². The molecular weight excluding hydrogens is 336 g/mol. The highest BCUT2D eigenvalue weighted by molar-refractivity contribution is 5.79. The SMILES string of the molecule is CCN(C(=O)Cc1c(C)nn(C)c1C)[C@@H]1CCN([C@H](C)c2ccccc2)C1. The molecule has 27 heavy (non-hydrogen) atoms. The maximum atomic E-state index is 13.1. The van der Waals surface area contributed by atoms with Gasteiger partial charge in [-0.15, -0.1) is 0 Å². The first-order valence-corrected chi connectivity index (χ1v) is 9.99. The van der Waals surface area contributed by atoms with Gasteiger partial charge in [-0.1, -0.05) is 30.3 Å². The molecule has 1 aromatic carbocycles. The van der Waals surface area contributed by atoms with Gasteiger partial charge in [-0.25, -0.2) is 0 Å². The molecule has 2 atom stereocenters. The standard InChI is InChI=1S/C22H32N4O/c1-6-26(22(27)14-21-16(2)23-24(5)18(21)4)20-12-13-25(15-20)17(3)19-10-8-7-9-11-19/h7-11,17,20H,6,12-15H2,1-5H3/t17-,20-/m1/s1. The molecule has 1 fully saturated rings. The van der Waals surface area contributed by atoms with Gasteiger partial charge >= 0.3 is 0 Å². The van der Waals surface area contributed by atoms with Crippen LogP contribution in [-0.2, 0) is 18.3 Å². The Balaban J connectivity index is 1.66. The van der Waals surface area contributed by atoms with Crippen LogP contribution in [0.4, 0.5) is 0 Å². The van der Waals surface area contributed by atoms with Crippen molar-refractivity contribution < 1.29 is 4.79 Å². The van der Waals surface area contributed by atoms with Crippen LogP contribution in [0.5, 0.6) is 0 Å². The Bertz CT molecular complexity index is 783. The molecule has 0 radical (unpaired) electrons. The fourth-order valence-corrected chi connectivity index (χ4v) is 4.28. The topological polar surface area (TPSA) is 41.4 Å². The lowest BCUT2D eigenvalue weighted by molar-refractivity contribution is -0.132. The number of hydrogen-bond donors (Lipinski definition) is 0. The van der Waals surface area contributed by atoms with Gasteiger partial charge in [-0.3, -0.25) is 14.4 Å². The molecule has 5 nitrogen and oxygen atoms in total. The zero-order valence-corrected chi connectivity index (χ0v) is 17.3. The second-order valence-corrected chi connectivity index (χ2v) is 7.65. The molecule has 2 aromatic rings. The first-order valence-electron chi connectivity index (χ1n) is 9.99. The first kappa shape index (κ1) is 19.6. The smallest absolute Gasteiger partial charge is 0.227 e. The molecule has 0 N–H and O–H groups in total. The maximum Gasteiger partial charge on any atom is 0.227 e. The molecular formula is C22H32N4O. The van der Waals surface area contributed by atoms with E-state index in [-0.39, 0.29) is 5.91 Å². The lowest BCUT2D eigenvalue weighted by Gasteiger charge is -2.30. The van der Waals surface area contributed by atoms with Crippen LogP contribution < -0.4 is 0 Å². The Hall–Kier alpha value is -2.14. The monoisotopic (exact) mass is 368 g/mol.